The van der Waals surface area contributed by atoms with Gasteiger partial charge in [-0.2, -0.15) is 14.6 Å². The van der Waals surface area contributed by atoms with Gasteiger partial charge in [0.05, 0.1) is 12.0 Å². The zero-order chi connectivity index (χ0) is 24.1. The molecule has 1 N–H and O–H groups in total. The van der Waals surface area contributed by atoms with Crippen molar-refractivity contribution in [3.63, 3.8) is 0 Å². The van der Waals surface area contributed by atoms with Gasteiger partial charge in [0.25, 0.3) is 0 Å². The molecule has 0 amide bonds. The predicted molar refractivity (Wildman–Crippen MR) is 128 cm³/mol. The Labute approximate surface area is 198 Å². The summed E-state index contributed by atoms with van der Waals surface area (Å²) < 4.78 is 38.1. The van der Waals surface area contributed by atoms with E-state index in [0.29, 0.717) is 17.0 Å². The largest absolute Gasteiger partial charge is 0.497 e. The summed E-state index contributed by atoms with van der Waals surface area (Å²) in [6, 6.07) is 24.7. The van der Waals surface area contributed by atoms with Gasteiger partial charge in [0, 0.05) is 24.8 Å². The van der Waals surface area contributed by atoms with Crippen LogP contribution in [0.5, 0.6) is 5.75 Å². The first-order valence-corrected chi connectivity index (χ1v) is 11.8. The lowest BCUT2D eigenvalue weighted by Gasteiger charge is -2.17. The van der Waals surface area contributed by atoms with Gasteiger partial charge in [-0.1, -0.05) is 30.3 Å². The summed E-state index contributed by atoms with van der Waals surface area (Å²) in [5.41, 5.74) is 2.22. The molecule has 0 aliphatic heterocycles. The highest BCUT2D eigenvalue weighted by Crippen LogP contribution is 2.29. The van der Waals surface area contributed by atoms with E-state index in [9.17, 15) is 13.7 Å². The number of aromatic nitrogens is 1. The van der Waals surface area contributed by atoms with E-state index < -0.39 is 10.0 Å². The minimum Gasteiger partial charge on any atom is -0.497 e. The molecule has 34 heavy (non-hydrogen) atoms. The number of ether oxygens (including phenoxy) is 1. The Morgan fingerprint density at radius 3 is 2.32 bits per heavy atom. The molecule has 0 spiro atoms. The van der Waals surface area contributed by atoms with E-state index >= 15 is 0 Å². The molecule has 0 saturated heterocycles. The van der Waals surface area contributed by atoms with Crippen molar-refractivity contribution in [2.24, 2.45) is 0 Å². The first-order chi connectivity index (χ1) is 16.4. The van der Waals surface area contributed by atoms with Gasteiger partial charge in [-0.15, -0.1) is 0 Å². The highest BCUT2D eigenvalue weighted by atomic mass is 32.2. The Morgan fingerprint density at radius 1 is 1.03 bits per heavy atom. The zero-order valence-electron chi connectivity index (χ0n) is 18.6. The monoisotopic (exact) mass is 474 g/mol. The Hall–Kier alpha value is -4.13. The van der Waals surface area contributed by atoms with Crippen LogP contribution in [0.4, 0.5) is 11.6 Å². The fourth-order valence-corrected chi connectivity index (χ4v) is 4.44. The summed E-state index contributed by atoms with van der Waals surface area (Å²) >= 11 is 0. The first-order valence-electron chi connectivity index (χ1n) is 10.3. The van der Waals surface area contributed by atoms with Crippen LogP contribution in [-0.4, -0.2) is 31.9 Å². The number of anilines is 2. The Morgan fingerprint density at radius 2 is 1.71 bits per heavy atom. The third-order valence-electron chi connectivity index (χ3n) is 5.14. The zero-order valence-corrected chi connectivity index (χ0v) is 19.4. The van der Waals surface area contributed by atoms with Gasteiger partial charge in [0.15, 0.2) is 0 Å². The Bertz CT molecular complexity index is 1410. The SMILES string of the molecule is COc1ccc(Nc2oc(-c3ccc(S(=O)(=O)N(C)Cc4ccccc4)cc3)nc2C#N)cc1. The summed E-state index contributed by atoms with van der Waals surface area (Å²) in [5.74, 6) is 1.10. The maximum Gasteiger partial charge on any atom is 0.243 e. The lowest BCUT2D eigenvalue weighted by atomic mass is 10.2. The van der Waals surface area contributed by atoms with E-state index in [-0.39, 0.29) is 28.9 Å². The smallest absolute Gasteiger partial charge is 0.243 e. The summed E-state index contributed by atoms with van der Waals surface area (Å²) in [6.07, 6.45) is 0. The molecule has 0 aliphatic carbocycles. The molecular weight excluding hydrogens is 452 g/mol. The average molecular weight is 475 g/mol. The van der Waals surface area contributed by atoms with E-state index in [1.54, 1.807) is 50.6 Å². The number of methoxy groups -OCH3 is 1. The van der Waals surface area contributed by atoms with Crippen LogP contribution in [0, 0.1) is 11.3 Å². The molecule has 4 rings (SSSR count). The number of hydrogen-bond donors (Lipinski definition) is 1. The van der Waals surface area contributed by atoms with Crippen LogP contribution in [-0.2, 0) is 16.6 Å². The Kier molecular flexibility index (Phi) is 6.63. The summed E-state index contributed by atoms with van der Waals surface area (Å²) in [5, 5.41) is 12.5. The molecule has 8 nitrogen and oxygen atoms in total. The van der Waals surface area contributed by atoms with E-state index in [1.165, 1.54) is 16.4 Å². The van der Waals surface area contributed by atoms with Gasteiger partial charge in [-0.3, -0.25) is 0 Å². The van der Waals surface area contributed by atoms with Gasteiger partial charge in [-0.25, -0.2) is 8.42 Å². The van der Waals surface area contributed by atoms with Gasteiger partial charge < -0.3 is 14.5 Å². The fourth-order valence-electron chi connectivity index (χ4n) is 3.28. The molecule has 3 aromatic carbocycles. The molecule has 0 atom stereocenters. The van der Waals surface area contributed by atoms with Crippen molar-refractivity contribution in [1.29, 1.82) is 5.26 Å². The molecule has 0 fully saturated rings. The quantitative estimate of drug-likeness (QED) is 0.391. The van der Waals surface area contributed by atoms with Crippen molar-refractivity contribution in [3.05, 3.63) is 90.1 Å². The van der Waals surface area contributed by atoms with E-state index in [0.717, 1.165) is 5.56 Å². The van der Waals surface area contributed by atoms with Crippen molar-refractivity contribution in [1.82, 2.24) is 9.29 Å². The van der Waals surface area contributed by atoms with Crippen LogP contribution >= 0.6 is 0 Å². The van der Waals surface area contributed by atoms with Crippen LogP contribution < -0.4 is 10.1 Å². The second-order valence-electron chi connectivity index (χ2n) is 7.43. The van der Waals surface area contributed by atoms with Crippen molar-refractivity contribution in [3.8, 4) is 23.3 Å². The van der Waals surface area contributed by atoms with Gasteiger partial charge in [0.1, 0.15) is 11.8 Å². The maximum absolute atomic E-state index is 13.0. The minimum atomic E-state index is -3.68. The summed E-state index contributed by atoms with van der Waals surface area (Å²) in [6.45, 7) is 0.260. The lowest BCUT2D eigenvalue weighted by molar-refractivity contribution is 0.415. The predicted octanol–water partition coefficient (Wildman–Crippen LogP) is 4.79. The summed E-state index contributed by atoms with van der Waals surface area (Å²) in [7, 11) is -0.560. The fraction of sp³-hybridized carbons (Fsp3) is 0.120. The molecule has 0 bridgehead atoms. The van der Waals surface area contributed by atoms with Gasteiger partial charge >= 0.3 is 0 Å². The lowest BCUT2D eigenvalue weighted by Crippen LogP contribution is -2.26. The van der Waals surface area contributed by atoms with Crippen molar-refractivity contribution >= 4 is 21.6 Å². The molecule has 0 unspecified atom stereocenters. The van der Waals surface area contributed by atoms with Crippen LogP contribution in [0.1, 0.15) is 11.3 Å². The standard InChI is InChI=1S/C25H22N4O4S/c1-29(17-18-6-4-3-5-7-18)34(30,31)22-14-8-19(9-15-22)24-28-23(16-26)25(33-24)27-20-10-12-21(32-2)13-11-20/h3-15,27H,17H2,1-2H3. The first kappa shape index (κ1) is 23.0. The normalized spacial score (nSPS) is 11.2. The molecule has 9 heteroatoms. The molecule has 0 radical (unpaired) electrons. The number of nitrogens with one attached hydrogen (secondary N) is 1. The van der Waals surface area contributed by atoms with Crippen LogP contribution in [0.3, 0.4) is 0 Å². The highest BCUT2D eigenvalue weighted by Gasteiger charge is 2.22. The number of hydrogen-bond acceptors (Lipinski definition) is 7. The number of nitrogens with zero attached hydrogens (tertiary/aromatic N) is 3. The number of benzene rings is 3. The molecule has 0 saturated carbocycles. The average Bonchev–Trinajstić information content (AvgIpc) is 3.28. The van der Waals surface area contributed by atoms with Crippen LogP contribution in [0.2, 0.25) is 0 Å². The van der Waals surface area contributed by atoms with E-state index in [1.807, 2.05) is 36.4 Å². The van der Waals surface area contributed by atoms with E-state index in [2.05, 4.69) is 10.3 Å². The Balaban J connectivity index is 1.53. The second-order valence-corrected chi connectivity index (χ2v) is 9.48. The molecule has 1 aromatic heterocycles. The molecule has 4 aromatic rings. The maximum atomic E-state index is 13.0. The minimum absolute atomic E-state index is 0.0881. The number of nitriles is 1. The molecule has 1 heterocycles. The second kappa shape index (κ2) is 9.79. The van der Waals surface area contributed by atoms with Crippen molar-refractivity contribution in [2.45, 2.75) is 11.4 Å². The topological polar surface area (TPSA) is 108 Å². The van der Waals surface area contributed by atoms with Crippen molar-refractivity contribution < 1.29 is 17.6 Å². The third kappa shape index (κ3) is 4.93. The number of oxazole rings is 1. The third-order valence-corrected chi connectivity index (χ3v) is 6.96. The number of rotatable bonds is 8. The number of sulfonamides is 1. The van der Waals surface area contributed by atoms with Gasteiger partial charge in [-0.05, 0) is 54.1 Å². The van der Waals surface area contributed by atoms with Crippen LogP contribution in [0.15, 0.2) is 88.2 Å². The van der Waals surface area contributed by atoms with Gasteiger partial charge in [0.2, 0.25) is 27.5 Å². The molecule has 172 valence electrons. The summed E-state index contributed by atoms with van der Waals surface area (Å²) in [4.78, 5) is 4.39. The van der Waals surface area contributed by atoms with Crippen LogP contribution in [0.25, 0.3) is 11.5 Å². The molecule has 0 aliphatic rings. The molecular formula is C25H22N4O4S. The highest BCUT2D eigenvalue weighted by molar-refractivity contribution is 7.89. The van der Waals surface area contributed by atoms with Crippen molar-refractivity contribution in [2.75, 3.05) is 19.5 Å². The van der Waals surface area contributed by atoms with E-state index in [4.69, 9.17) is 9.15 Å².